The standard InChI is InChI=1S/C10H21N3O/c1-7-3-4-8(2)13(5-7)6-9(11)10(12)14/h7-9H,3-6,11H2,1-2H3,(H2,12,14). The molecule has 1 aliphatic rings. The molecule has 3 atom stereocenters. The second kappa shape index (κ2) is 4.75. The van der Waals surface area contributed by atoms with Crippen LogP contribution in [-0.2, 0) is 4.79 Å². The van der Waals surface area contributed by atoms with Crippen LogP contribution in [0.2, 0.25) is 0 Å². The van der Waals surface area contributed by atoms with Gasteiger partial charge in [0.25, 0.3) is 0 Å². The van der Waals surface area contributed by atoms with Crippen LogP contribution in [-0.4, -0.2) is 36.0 Å². The molecule has 1 heterocycles. The van der Waals surface area contributed by atoms with Crippen molar-refractivity contribution in [2.45, 2.75) is 38.8 Å². The fraction of sp³-hybridized carbons (Fsp3) is 0.900. The molecule has 1 aliphatic heterocycles. The maximum absolute atomic E-state index is 10.8. The largest absolute Gasteiger partial charge is 0.368 e. The third kappa shape index (κ3) is 2.96. The van der Waals surface area contributed by atoms with Crippen LogP contribution in [0.25, 0.3) is 0 Å². The topological polar surface area (TPSA) is 72.3 Å². The van der Waals surface area contributed by atoms with Gasteiger partial charge in [0.05, 0.1) is 6.04 Å². The van der Waals surface area contributed by atoms with E-state index in [1.165, 1.54) is 12.8 Å². The number of carbonyl (C=O) groups is 1. The zero-order valence-corrected chi connectivity index (χ0v) is 9.07. The second-order valence-electron chi connectivity index (χ2n) is 4.49. The zero-order valence-electron chi connectivity index (χ0n) is 9.07. The molecule has 14 heavy (non-hydrogen) atoms. The molecule has 0 radical (unpaired) electrons. The lowest BCUT2D eigenvalue weighted by Gasteiger charge is -2.37. The van der Waals surface area contributed by atoms with Gasteiger partial charge in [0, 0.05) is 19.1 Å². The Morgan fingerprint density at radius 1 is 1.50 bits per heavy atom. The van der Waals surface area contributed by atoms with Crippen molar-refractivity contribution in [3.8, 4) is 0 Å². The summed E-state index contributed by atoms with van der Waals surface area (Å²) in [6, 6.07) is -0.000602. The van der Waals surface area contributed by atoms with E-state index < -0.39 is 11.9 Å². The summed E-state index contributed by atoms with van der Waals surface area (Å²) in [6.45, 7) is 6.04. The molecule has 0 aromatic carbocycles. The molecule has 0 aliphatic carbocycles. The Morgan fingerprint density at radius 3 is 2.71 bits per heavy atom. The number of hydrogen-bond donors (Lipinski definition) is 2. The van der Waals surface area contributed by atoms with Gasteiger partial charge in [0.15, 0.2) is 0 Å². The number of piperidine rings is 1. The first kappa shape index (κ1) is 11.5. The molecule has 3 unspecified atom stereocenters. The van der Waals surface area contributed by atoms with Gasteiger partial charge in [-0.15, -0.1) is 0 Å². The Kier molecular flexibility index (Phi) is 3.89. The van der Waals surface area contributed by atoms with Gasteiger partial charge < -0.3 is 11.5 Å². The summed E-state index contributed by atoms with van der Waals surface area (Å²) in [6.07, 6.45) is 2.45. The fourth-order valence-electron chi connectivity index (χ4n) is 1.98. The minimum absolute atomic E-state index is 0.407. The quantitative estimate of drug-likeness (QED) is 0.667. The Bertz CT molecular complexity index is 208. The van der Waals surface area contributed by atoms with E-state index >= 15 is 0 Å². The molecule has 0 spiro atoms. The molecule has 4 nitrogen and oxygen atoms in total. The van der Waals surface area contributed by atoms with Crippen molar-refractivity contribution in [3.63, 3.8) is 0 Å². The summed E-state index contributed by atoms with van der Waals surface area (Å²) in [5.74, 6) is 0.293. The minimum atomic E-state index is -0.525. The van der Waals surface area contributed by atoms with Gasteiger partial charge in [-0.2, -0.15) is 0 Å². The van der Waals surface area contributed by atoms with Crippen molar-refractivity contribution in [2.24, 2.45) is 17.4 Å². The van der Waals surface area contributed by atoms with Gasteiger partial charge in [-0.3, -0.25) is 9.69 Å². The first-order chi connectivity index (χ1) is 6.50. The maximum Gasteiger partial charge on any atom is 0.235 e. The average Bonchev–Trinajstić information content (AvgIpc) is 2.11. The Balaban J connectivity index is 2.45. The van der Waals surface area contributed by atoms with E-state index in [4.69, 9.17) is 11.5 Å². The lowest BCUT2D eigenvalue weighted by Crippen LogP contribution is -2.51. The maximum atomic E-state index is 10.8. The van der Waals surface area contributed by atoms with Crippen molar-refractivity contribution < 1.29 is 4.79 Å². The third-order valence-corrected chi connectivity index (χ3v) is 3.04. The van der Waals surface area contributed by atoms with E-state index in [-0.39, 0.29) is 0 Å². The molecule has 0 bridgehead atoms. The zero-order chi connectivity index (χ0) is 10.7. The highest BCUT2D eigenvalue weighted by Gasteiger charge is 2.25. The van der Waals surface area contributed by atoms with E-state index in [2.05, 4.69) is 18.7 Å². The highest BCUT2D eigenvalue weighted by molar-refractivity contribution is 5.79. The van der Waals surface area contributed by atoms with Gasteiger partial charge >= 0.3 is 0 Å². The molecule has 4 N–H and O–H groups in total. The number of rotatable bonds is 3. The molecular weight excluding hydrogens is 178 g/mol. The van der Waals surface area contributed by atoms with E-state index in [0.29, 0.717) is 18.5 Å². The van der Waals surface area contributed by atoms with Crippen LogP contribution in [0.5, 0.6) is 0 Å². The number of amides is 1. The summed E-state index contributed by atoms with van der Waals surface area (Å²) in [7, 11) is 0. The minimum Gasteiger partial charge on any atom is -0.368 e. The lowest BCUT2D eigenvalue weighted by molar-refractivity contribution is -0.119. The van der Waals surface area contributed by atoms with Gasteiger partial charge in [-0.25, -0.2) is 0 Å². The Morgan fingerprint density at radius 2 is 2.14 bits per heavy atom. The normalized spacial score (nSPS) is 31.4. The predicted octanol–water partition coefficient (Wildman–Crippen LogP) is -0.0806. The molecule has 1 fully saturated rings. The van der Waals surface area contributed by atoms with Crippen LogP contribution < -0.4 is 11.5 Å². The number of primary amides is 1. The van der Waals surface area contributed by atoms with Crippen LogP contribution in [0, 0.1) is 5.92 Å². The molecule has 0 aromatic rings. The smallest absolute Gasteiger partial charge is 0.235 e. The number of likely N-dealkylation sites (tertiary alicyclic amines) is 1. The summed E-state index contributed by atoms with van der Waals surface area (Å²) in [4.78, 5) is 13.1. The van der Waals surface area contributed by atoms with Gasteiger partial charge in [-0.05, 0) is 25.7 Å². The highest BCUT2D eigenvalue weighted by Crippen LogP contribution is 2.20. The first-order valence-electron chi connectivity index (χ1n) is 5.29. The van der Waals surface area contributed by atoms with E-state index in [1.807, 2.05) is 0 Å². The van der Waals surface area contributed by atoms with Crippen LogP contribution >= 0.6 is 0 Å². The molecule has 0 aromatic heterocycles. The van der Waals surface area contributed by atoms with Crippen LogP contribution in [0.3, 0.4) is 0 Å². The SMILES string of the molecule is CC1CCC(C)N(CC(N)C(N)=O)C1. The lowest BCUT2D eigenvalue weighted by atomic mass is 9.94. The van der Waals surface area contributed by atoms with Gasteiger partial charge in [0.1, 0.15) is 0 Å². The fourth-order valence-corrected chi connectivity index (χ4v) is 1.98. The van der Waals surface area contributed by atoms with Crippen LogP contribution in [0.1, 0.15) is 26.7 Å². The van der Waals surface area contributed by atoms with E-state index in [9.17, 15) is 4.79 Å². The van der Waals surface area contributed by atoms with E-state index in [1.54, 1.807) is 0 Å². The van der Waals surface area contributed by atoms with Crippen LogP contribution in [0.15, 0.2) is 0 Å². The average molecular weight is 199 g/mol. The first-order valence-corrected chi connectivity index (χ1v) is 5.29. The van der Waals surface area contributed by atoms with Crippen molar-refractivity contribution >= 4 is 5.91 Å². The predicted molar refractivity (Wildman–Crippen MR) is 56.6 cm³/mol. The Hall–Kier alpha value is -0.610. The molecule has 1 rings (SSSR count). The van der Waals surface area contributed by atoms with E-state index in [0.717, 1.165) is 6.54 Å². The number of carbonyl (C=O) groups excluding carboxylic acids is 1. The Labute approximate surface area is 85.6 Å². The molecule has 1 saturated heterocycles. The second-order valence-corrected chi connectivity index (χ2v) is 4.49. The van der Waals surface area contributed by atoms with Crippen LogP contribution in [0.4, 0.5) is 0 Å². The summed E-state index contributed by atoms with van der Waals surface area (Å²) >= 11 is 0. The number of nitrogens with zero attached hydrogens (tertiary/aromatic N) is 1. The molecule has 82 valence electrons. The van der Waals surface area contributed by atoms with Crippen molar-refractivity contribution in [1.82, 2.24) is 4.90 Å². The third-order valence-electron chi connectivity index (χ3n) is 3.04. The van der Waals surface area contributed by atoms with Gasteiger partial charge in [-0.1, -0.05) is 6.92 Å². The molecule has 0 saturated carbocycles. The molecule has 4 heteroatoms. The van der Waals surface area contributed by atoms with Crippen molar-refractivity contribution in [2.75, 3.05) is 13.1 Å². The monoisotopic (exact) mass is 199 g/mol. The molecular formula is C10H21N3O. The van der Waals surface area contributed by atoms with Gasteiger partial charge in [0.2, 0.25) is 5.91 Å². The summed E-state index contributed by atoms with van der Waals surface area (Å²) in [5.41, 5.74) is 10.8. The number of hydrogen-bond acceptors (Lipinski definition) is 3. The van der Waals surface area contributed by atoms with Crippen molar-refractivity contribution in [1.29, 1.82) is 0 Å². The van der Waals surface area contributed by atoms with Crippen molar-refractivity contribution in [3.05, 3.63) is 0 Å². The number of nitrogens with two attached hydrogens (primary N) is 2. The molecule has 1 amide bonds. The highest BCUT2D eigenvalue weighted by atomic mass is 16.1. The summed E-state index contributed by atoms with van der Waals surface area (Å²) in [5, 5.41) is 0. The summed E-state index contributed by atoms with van der Waals surface area (Å²) < 4.78 is 0.